The third-order valence-electron chi connectivity index (χ3n) is 2.21. The van der Waals surface area contributed by atoms with Crippen LogP contribution in [-0.2, 0) is 11.2 Å². The summed E-state index contributed by atoms with van der Waals surface area (Å²) < 4.78 is 0. The molecule has 88 valence electrons. The maximum atomic E-state index is 11.5. The molecule has 1 rings (SSSR count). The van der Waals surface area contributed by atoms with E-state index in [1.165, 1.54) is 5.56 Å². The van der Waals surface area contributed by atoms with Gasteiger partial charge in [0.15, 0.2) is 0 Å². The van der Waals surface area contributed by atoms with E-state index < -0.39 is 0 Å². The monoisotopic (exact) mass is 221 g/mol. The Morgan fingerprint density at radius 3 is 2.62 bits per heavy atom. The number of nitrogens with one attached hydrogen (secondary N) is 1. The molecule has 0 radical (unpaired) electrons. The second kappa shape index (κ2) is 6.23. The number of nitrogens with two attached hydrogens (primary N) is 1. The number of rotatable bonds is 5. The highest BCUT2D eigenvalue weighted by atomic mass is 16.1. The Kier molecular flexibility index (Phi) is 4.92. The van der Waals surface area contributed by atoms with Gasteiger partial charge in [-0.05, 0) is 38.0 Å². The van der Waals surface area contributed by atoms with Gasteiger partial charge < -0.3 is 11.1 Å². The van der Waals surface area contributed by atoms with Gasteiger partial charge in [-0.2, -0.15) is 0 Å². The Balaban J connectivity index is 2.36. The van der Waals surface area contributed by atoms with Crippen molar-refractivity contribution in [2.75, 3.05) is 0 Å². The van der Waals surface area contributed by atoms with Crippen molar-refractivity contribution in [3.05, 3.63) is 30.1 Å². The molecule has 0 aliphatic heterocycles. The van der Waals surface area contributed by atoms with Crippen LogP contribution in [0, 0.1) is 0 Å². The number of hydrogen-bond acceptors (Lipinski definition) is 3. The van der Waals surface area contributed by atoms with Crippen molar-refractivity contribution >= 4 is 5.91 Å². The van der Waals surface area contributed by atoms with Crippen LogP contribution in [0.1, 0.15) is 25.8 Å². The van der Waals surface area contributed by atoms with Gasteiger partial charge in [-0.25, -0.2) is 0 Å². The molecule has 1 aromatic rings. The number of nitrogens with zero attached hydrogens (tertiary/aromatic N) is 1. The number of aromatic nitrogens is 1. The Labute approximate surface area is 96.3 Å². The van der Waals surface area contributed by atoms with Crippen LogP contribution >= 0.6 is 0 Å². The van der Waals surface area contributed by atoms with Gasteiger partial charge in [0.2, 0.25) is 5.91 Å². The summed E-state index contributed by atoms with van der Waals surface area (Å²) in [6, 6.07) is 3.93. The standard InChI is InChI=1S/C12H19N3O/c1-9(13)7-12(16)15-10(2)8-11-3-5-14-6-4-11/h3-6,9-10H,7-8,13H2,1-2H3,(H,15,16). The Morgan fingerprint density at radius 1 is 1.44 bits per heavy atom. The second-order valence-corrected chi connectivity index (χ2v) is 4.21. The SMILES string of the molecule is CC(N)CC(=O)NC(C)Cc1ccncc1. The topological polar surface area (TPSA) is 68.0 Å². The molecule has 2 atom stereocenters. The molecule has 3 N–H and O–H groups in total. The average molecular weight is 221 g/mol. The van der Waals surface area contributed by atoms with E-state index in [-0.39, 0.29) is 18.0 Å². The van der Waals surface area contributed by atoms with E-state index in [9.17, 15) is 4.79 Å². The quantitative estimate of drug-likeness (QED) is 0.775. The fourth-order valence-corrected chi connectivity index (χ4v) is 1.55. The van der Waals surface area contributed by atoms with Crippen LogP contribution in [0.5, 0.6) is 0 Å². The molecule has 0 aliphatic rings. The van der Waals surface area contributed by atoms with Crippen molar-refractivity contribution in [3.63, 3.8) is 0 Å². The zero-order valence-electron chi connectivity index (χ0n) is 9.81. The molecule has 1 amide bonds. The first-order valence-corrected chi connectivity index (χ1v) is 5.51. The summed E-state index contributed by atoms with van der Waals surface area (Å²) in [6.07, 6.45) is 4.70. The minimum absolute atomic E-state index is 0.0107. The van der Waals surface area contributed by atoms with Gasteiger partial charge in [0.25, 0.3) is 0 Å². The molecule has 0 aromatic carbocycles. The number of pyridine rings is 1. The minimum atomic E-state index is -0.0897. The smallest absolute Gasteiger partial charge is 0.221 e. The van der Waals surface area contributed by atoms with Crippen molar-refractivity contribution in [1.29, 1.82) is 0 Å². The average Bonchev–Trinajstić information content (AvgIpc) is 2.17. The maximum absolute atomic E-state index is 11.5. The molecule has 4 nitrogen and oxygen atoms in total. The summed E-state index contributed by atoms with van der Waals surface area (Å²) in [5.74, 6) is 0.0107. The zero-order valence-corrected chi connectivity index (χ0v) is 9.81. The third-order valence-corrected chi connectivity index (χ3v) is 2.21. The molecule has 4 heteroatoms. The molecule has 0 fully saturated rings. The molecule has 1 aromatic heterocycles. The van der Waals surface area contributed by atoms with Crippen LogP contribution in [0.2, 0.25) is 0 Å². The molecule has 0 saturated carbocycles. The maximum Gasteiger partial charge on any atom is 0.221 e. The number of hydrogen-bond donors (Lipinski definition) is 2. The van der Waals surface area contributed by atoms with E-state index >= 15 is 0 Å². The van der Waals surface area contributed by atoms with Crippen molar-refractivity contribution in [1.82, 2.24) is 10.3 Å². The van der Waals surface area contributed by atoms with Gasteiger partial charge in [-0.1, -0.05) is 0 Å². The van der Waals surface area contributed by atoms with Gasteiger partial charge in [0, 0.05) is 30.9 Å². The van der Waals surface area contributed by atoms with Crippen molar-refractivity contribution in [2.45, 2.75) is 38.8 Å². The van der Waals surface area contributed by atoms with Gasteiger partial charge in [0.05, 0.1) is 0 Å². The normalized spacial score (nSPS) is 14.2. The van der Waals surface area contributed by atoms with Crippen molar-refractivity contribution in [2.24, 2.45) is 5.73 Å². The predicted molar refractivity (Wildman–Crippen MR) is 63.8 cm³/mol. The highest BCUT2D eigenvalue weighted by Crippen LogP contribution is 2.01. The summed E-state index contributed by atoms with van der Waals surface area (Å²) in [6.45, 7) is 3.81. The number of amides is 1. The lowest BCUT2D eigenvalue weighted by molar-refractivity contribution is -0.121. The first-order valence-electron chi connectivity index (χ1n) is 5.51. The minimum Gasteiger partial charge on any atom is -0.353 e. The highest BCUT2D eigenvalue weighted by Gasteiger charge is 2.09. The molecule has 0 aliphatic carbocycles. The summed E-state index contributed by atoms with van der Waals surface area (Å²) in [5.41, 5.74) is 6.72. The van der Waals surface area contributed by atoms with Crippen LogP contribution in [-0.4, -0.2) is 23.0 Å². The van der Waals surface area contributed by atoms with E-state index in [0.29, 0.717) is 6.42 Å². The van der Waals surface area contributed by atoms with E-state index in [2.05, 4.69) is 10.3 Å². The largest absolute Gasteiger partial charge is 0.353 e. The molecule has 0 bridgehead atoms. The summed E-state index contributed by atoms with van der Waals surface area (Å²) in [5, 5.41) is 2.92. The third kappa shape index (κ3) is 4.89. The molecule has 16 heavy (non-hydrogen) atoms. The van der Waals surface area contributed by atoms with E-state index in [1.54, 1.807) is 12.4 Å². The lowest BCUT2D eigenvalue weighted by atomic mass is 10.1. The Hall–Kier alpha value is -1.42. The van der Waals surface area contributed by atoms with E-state index in [4.69, 9.17) is 5.73 Å². The van der Waals surface area contributed by atoms with Gasteiger partial charge in [-0.3, -0.25) is 9.78 Å². The molecular weight excluding hydrogens is 202 g/mol. The summed E-state index contributed by atoms with van der Waals surface area (Å²) in [4.78, 5) is 15.4. The van der Waals surface area contributed by atoms with Gasteiger partial charge in [-0.15, -0.1) is 0 Å². The first kappa shape index (κ1) is 12.6. The van der Waals surface area contributed by atoms with Crippen molar-refractivity contribution in [3.8, 4) is 0 Å². The van der Waals surface area contributed by atoms with E-state index in [1.807, 2.05) is 26.0 Å². The number of carbonyl (C=O) groups is 1. The van der Waals surface area contributed by atoms with Crippen LogP contribution < -0.4 is 11.1 Å². The highest BCUT2D eigenvalue weighted by molar-refractivity contribution is 5.76. The molecule has 0 saturated heterocycles. The van der Waals surface area contributed by atoms with Crippen LogP contribution in [0.25, 0.3) is 0 Å². The zero-order chi connectivity index (χ0) is 12.0. The molecule has 0 spiro atoms. The Bertz CT molecular complexity index is 324. The second-order valence-electron chi connectivity index (χ2n) is 4.21. The fourth-order valence-electron chi connectivity index (χ4n) is 1.55. The van der Waals surface area contributed by atoms with Crippen molar-refractivity contribution < 1.29 is 4.79 Å². The molecule has 2 unspecified atom stereocenters. The van der Waals surface area contributed by atoms with Gasteiger partial charge in [0.1, 0.15) is 0 Å². The lowest BCUT2D eigenvalue weighted by Crippen LogP contribution is -2.37. The number of carbonyl (C=O) groups excluding carboxylic acids is 1. The molecular formula is C12H19N3O. The predicted octanol–water partition coefficient (Wildman–Crippen LogP) is 0.866. The lowest BCUT2D eigenvalue weighted by Gasteiger charge is -2.14. The summed E-state index contributed by atoms with van der Waals surface area (Å²) in [7, 11) is 0. The van der Waals surface area contributed by atoms with E-state index in [0.717, 1.165) is 6.42 Å². The summed E-state index contributed by atoms with van der Waals surface area (Å²) >= 11 is 0. The van der Waals surface area contributed by atoms with Crippen LogP contribution in [0.4, 0.5) is 0 Å². The van der Waals surface area contributed by atoms with Crippen LogP contribution in [0.15, 0.2) is 24.5 Å². The fraction of sp³-hybridized carbons (Fsp3) is 0.500. The van der Waals surface area contributed by atoms with Crippen LogP contribution in [0.3, 0.4) is 0 Å². The first-order chi connectivity index (χ1) is 7.58. The Morgan fingerprint density at radius 2 is 2.06 bits per heavy atom. The van der Waals surface area contributed by atoms with Gasteiger partial charge >= 0.3 is 0 Å². The molecule has 1 heterocycles.